The molecule has 1 aliphatic heterocycles. The van der Waals surface area contributed by atoms with Crippen molar-refractivity contribution in [2.75, 3.05) is 44.9 Å². The number of amides is 3. The summed E-state index contributed by atoms with van der Waals surface area (Å²) in [5, 5.41) is 15.0. The maximum atomic E-state index is 13.8. The van der Waals surface area contributed by atoms with Gasteiger partial charge in [-0.3, -0.25) is 19.2 Å². The lowest BCUT2D eigenvalue weighted by atomic mass is 9.95. The first-order valence-electron chi connectivity index (χ1n) is 21.0. The monoisotopic (exact) mass is 840 g/mol. The van der Waals surface area contributed by atoms with Gasteiger partial charge in [-0.1, -0.05) is 80.8 Å². The van der Waals surface area contributed by atoms with Gasteiger partial charge in [0.1, 0.15) is 11.5 Å². The number of ketones is 1. The molecule has 15 nitrogen and oxygen atoms in total. The molecule has 3 aromatic rings. The maximum Gasteiger partial charge on any atom is 0.363 e. The van der Waals surface area contributed by atoms with E-state index in [4.69, 9.17) is 18.5 Å². The molecule has 0 fully saturated rings. The first kappa shape index (κ1) is 49.3. The molecule has 0 aliphatic carbocycles. The number of carbonyl (C=O) groups is 4. The van der Waals surface area contributed by atoms with Gasteiger partial charge in [0, 0.05) is 56.4 Å². The zero-order valence-corrected chi connectivity index (χ0v) is 36.7. The number of benzene rings is 2. The van der Waals surface area contributed by atoms with Gasteiger partial charge in [-0.15, -0.1) is 5.10 Å². The quantitative estimate of drug-likeness (QED) is 0.0331. The predicted molar refractivity (Wildman–Crippen MR) is 229 cm³/mol. The minimum absolute atomic E-state index is 0.0148. The number of anilines is 1. The molecule has 0 radical (unpaired) electrons. The van der Waals surface area contributed by atoms with E-state index in [1.165, 1.54) is 14.0 Å². The molecule has 2 aromatic carbocycles. The summed E-state index contributed by atoms with van der Waals surface area (Å²) in [5.74, 6) is -0.295. The van der Waals surface area contributed by atoms with E-state index in [1.54, 1.807) is 4.90 Å². The fourth-order valence-electron chi connectivity index (χ4n) is 6.28. The number of nitrogens with zero attached hydrogens (tertiary/aromatic N) is 4. The highest BCUT2D eigenvalue weighted by Crippen LogP contribution is 2.42. The summed E-state index contributed by atoms with van der Waals surface area (Å²) < 4.78 is 23.5. The Kier molecular flexibility index (Phi) is 23.7. The van der Waals surface area contributed by atoms with E-state index in [0.717, 1.165) is 67.3 Å². The predicted octanol–water partition coefficient (Wildman–Crippen LogP) is 7.86. The van der Waals surface area contributed by atoms with Crippen molar-refractivity contribution in [3.8, 4) is 22.5 Å². The fraction of sp³-hybridized carbons (Fsp3) is 0.581. The molecule has 4 rings (SSSR count). The lowest BCUT2D eigenvalue weighted by Gasteiger charge is -2.28. The second-order valence-electron chi connectivity index (χ2n) is 14.1. The van der Waals surface area contributed by atoms with Crippen LogP contribution in [0.2, 0.25) is 0 Å². The smallest absolute Gasteiger partial charge is 0.363 e. The third-order valence-corrected chi connectivity index (χ3v) is 10.4. The number of aromatic nitrogens is 3. The summed E-state index contributed by atoms with van der Waals surface area (Å²) in [7, 11) is -0.0754. The van der Waals surface area contributed by atoms with Gasteiger partial charge in [0.2, 0.25) is 17.7 Å². The zero-order valence-electron chi connectivity index (χ0n) is 35.8. The van der Waals surface area contributed by atoms with Crippen LogP contribution < -0.4 is 15.5 Å². The number of hydrogen-bond donors (Lipinski definition) is 2. The molecule has 3 amide bonds. The van der Waals surface area contributed by atoms with Crippen molar-refractivity contribution in [1.82, 2.24) is 25.6 Å². The molecular weight excluding hydrogens is 775 g/mol. The number of rotatable bonds is 27. The van der Waals surface area contributed by atoms with Crippen LogP contribution in [0.15, 0.2) is 48.5 Å². The minimum Gasteiger partial charge on any atom is -0.379 e. The van der Waals surface area contributed by atoms with Crippen LogP contribution in [0.25, 0.3) is 22.5 Å². The molecule has 1 aliphatic rings. The summed E-state index contributed by atoms with van der Waals surface area (Å²) in [4.78, 5) is 56.3. The lowest BCUT2D eigenvalue weighted by Crippen LogP contribution is -2.34. The van der Waals surface area contributed by atoms with E-state index in [2.05, 4.69) is 25.8 Å². The Balaban J connectivity index is 0.00000458. The van der Waals surface area contributed by atoms with Gasteiger partial charge in [0.05, 0.1) is 51.0 Å². The third kappa shape index (κ3) is 17.6. The van der Waals surface area contributed by atoms with Gasteiger partial charge in [-0.25, -0.2) is 9.57 Å². The van der Waals surface area contributed by atoms with E-state index < -0.39 is 8.60 Å². The van der Waals surface area contributed by atoms with E-state index in [9.17, 15) is 19.2 Å². The van der Waals surface area contributed by atoms with Crippen molar-refractivity contribution < 1.29 is 42.5 Å². The molecule has 1 aromatic heterocycles. The van der Waals surface area contributed by atoms with Crippen molar-refractivity contribution in [3.05, 3.63) is 54.1 Å². The van der Waals surface area contributed by atoms with Crippen LogP contribution >= 0.6 is 8.60 Å². The van der Waals surface area contributed by atoms with Gasteiger partial charge in [0.25, 0.3) is 0 Å². The SMILES string of the molecule is CC.COOP(OCCCCCCNC(=O)CCCCCn1nnc2c1-c1ccccc1CN(C(=O)CCC(=O)NCCOCCC(C)=O)c1ccccc1-2)OC(C)C. The van der Waals surface area contributed by atoms with Crippen molar-refractivity contribution in [2.45, 2.75) is 124 Å². The Morgan fingerprint density at radius 2 is 1.47 bits per heavy atom. The molecule has 0 saturated carbocycles. The van der Waals surface area contributed by atoms with Crippen LogP contribution in [0.1, 0.15) is 111 Å². The number of hydrogen-bond acceptors (Lipinski definition) is 11. The van der Waals surface area contributed by atoms with Crippen LogP contribution in [-0.2, 0) is 55.6 Å². The topological polar surface area (TPSA) is 172 Å². The molecule has 0 spiro atoms. The van der Waals surface area contributed by atoms with E-state index in [1.807, 2.05) is 80.9 Å². The van der Waals surface area contributed by atoms with Crippen molar-refractivity contribution in [3.63, 3.8) is 0 Å². The highest BCUT2D eigenvalue weighted by atomic mass is 31.2. The van der Waals surface area contributed by atoms with Crippen LogP contribution in [-0.4, -0.2) is 84.6 Å². The Hall–Kier alpha value is -4.11. The Bertz CT molecular complexity index is 1720. The summed E-state index contributed by atoms with van der Waals surface area (Å²) in [6.45, 7) is 12.4. The first-order chi connectivity index (χ1) is 28.7. The van der Waals surface area contributed by atoms with Crippen molar-refractivity contribution >= 4 is 37.8 Å². The van der Waals surface area contributed by atoms with Gasteiger partial charge >= 0.3 is 8.60 Å². The molecular formula is C43H65N6O9P. The number of Topliss-reactive ketones (excluding diaryl/α,β-unsaturated/α-hetero) is 1. The number of aryl methyl sites for hydroxylation is 1. The molecule has 0 saturated heterocycles. The Morgan fingerprint density at radius 1 is 0.780 bits per heavy atom. The lowest BCUT2D eigenvalue weighted by molar-refractivity contribution is -0.192. The third-order valence-electron chi connectivity index (χ3n) is 9.12. The molecule has 2 heterocycles. The average Bonchev–Trinajstić information content (AvgIpc) is 3.64. The number of fused-ring (bicyclic) bond motifs is 5. The Morgan fingerprint density at radius 3 is 2.24 bits per heavy atom. The summed E-state index contributed by atoms with van der Waals surface area (Å²) in [6.07, 6.45) is 7.08. The minimum atomic E-state index is -1.51. The van der Waals surface area contributed by atoms with Gasteiger partial charge in [0.15, 0.2) is 0 Å². The summed E-state index contributed by atoms with van der Waals surface area (Å²) >= 11 is 0. The van der Waals surface area contributed by atoms with E-state index in [-0.39, 0.29) is 42.5 Å². The molecule has 0 bridgehead atoms. The normalized spacial score (nSPS) is 12.3. The van der Waals surface area contributed by atoms with Crippen molar-refractivity contribution in [2.24, 2.45) is 0 Å². The van der Waals surface area contributed by atoms with Crippen molar-refractivity contribution in [1.29, 1.82) is 0 Å². The fourth-order valence-corrected chi connectivity index (χ4v) is 7.16. The van der Waals surface area contributed by atoms with Crippen LogP contribution in [0.4, 0.5) is 5.69 Å². The van der Waals surface area contributed by atoms with Crippen LogP contribution in [0, 0.1) is 0 Å². The van der Waals surface area contributed by atoms with Gasteiger partial charge in [-0.2, -0.15) is 4.67 Å². The maximum absolute atomic E-state index is 13.8. The standard InChI is InChI=1S/C41H59N6O9P.C2H6/c1-31(2)55-57(56-52-4)54-27-15-6-5-13-24-42-37(49)20-8-7-14-26-47-41-34-17-10-9-16-33(34)30-46(36-19-12-11-18-35(36)40(41)44-45-47)39(51)22-21-38(50)43-25-29-53-28-23-32(3)48;1-2/h9-12,16-19,31H,5-8,13-15,20-30H2,1-4H3,(H,42,49)(H,43,50);1-2H3. The molecule has 326 valence electrons. The van der Waals surface area contributed by atoms with Crippen LogP contribution in [0.5, 0.6) is 0 Å². The number of nitrogens with one attached hydrogen (secondary N) is 2. The highest BCUT2D eigenvalue weighted by molar-refractivity contribution is 7.41. The van der Waals surface area contributed by atoms with Crippen LogP contribution in [0.3, 0.4) is 0 Å². The zero-order chi connectivity index (χ0) is 42.8. The summed E-state index contributed by atoms with van der Waals surface area (Å²) in [5.41, 5.74) is 4.99. The summed E-state index contributed by atoms with van der Waals surface area (Å²) in [6, 6.07) is 15.6. The van der Waals surface area contributed by atoms with E-state index in [0.29, 0.717) is 70.2 Å². The molecule has 16 heteroatoms. The van der Waals surface area contributed by atoms with Gasteiger partial charge in [-0.05, 0) is 58.1 Å². The second kappa shape index (κ2) is 28.4. The molecule has 1 atom stereocenters. The Labute approximate surface area is 351 Å². The molecule has 59 heavy (non-hydrogen) atoms. The molecule has 2 N–H and O–H groups in total. The first-order valence-corrected chi connectivity index (χ1v) is 22.1. The largest absolute Gasteiger partial charge is 0.379 e. The number of para-hydroxylation sites is 1. The number of unbranched alkanes of at least 4 members (excludes halogenated alkanes) is 5. The van der Waals surface area contributed by atoms with Gasteiger partial charge < -0.3 is 29.3 Å². The number of ether oxygens (including phenoxy) is 1. The highest BCUT2D eigenvalue weighted by Gasteiger charge is 2.29. The molecule has 1 unspecified atom stereocenters. The average molecular weight is 841 g/mol. The van der Waals surface area contributed by atoms with E-state index >= 15 is 0 Å². The number of carbonyl (C=O) groups excluding carboxylic acids is 4. The second-order valence-corrected chi connectivity index (χ2v) is 15.2.